The number of aromatic nitrogens is 2. The Morgan fingerprint density at radius 3 is 2.46 bits per heavy atom. The summed E-state index contributed by atoms with van der Waals surface area (Å²) < 4.78 is 7.86. The monoisotopic (exact) mass is 372 g/mol. The van der Waals surface area contributed by atoms with E-state index in [9.17, 15) is 9.90 Å². The number of aryl methyl sites for hydroxylation is 1. The molecule has 0 saturated heterocycles. The Hall–Kier alpha value is -3.60. The van der Waals surface area contributed by atoms with Crippen LogP contribution in [0.2, 0.25) is 0 Å². The molecule has 0 atom stereocenters. The predicted octanol–water partition coefficient (Wildman–Crippen LogP) is 4.67. The number of rotatable bonds is 6. The van der Waals surface area contributed by atoms with Gasteiger partial charge in [-0.15, -0.1) is 0 Å². The van der Waals surface area contributed by atoms with E-state index >= 15 is 0 Å². The fraction of sp³-hybridized carbons (Fsp3) is 0.130. The molecule has 0 unspecified atom stereocenters. The van der Waals surface area contributed by atoms with Gasteiger partial charge in [0.15, 0.2) is 0 Å². The average molecular weight is 372 g/mol. The van der Waals surface area contributed by atoms with Crippen LogP contribution in [0.15, 0.2) is 72.8 Å². The maximum atomic E-state index is 11.3. The Bertz CT molecular complexity index is 1120. The first-order chi connectivity index (χ1) is 13.6. The standard InChI is InChI=1S/C23H20N2O3/c1-16-24-21-12-9-19(23(26)27)13-22(21)25(16)14-17-7-10-20(11-8-17)28-15-18-5-3-2-4-6-18/h2-13H,14-15H2,1H3,(H,26,27). The molecule has 0 aliphatic rings. The van der Waals surface area contributed by atoms with E-state index < -0.39 is 5.97 Å². The van der Waals surface area contributed by atoms with Crippen LogP contribution in [-0.4, -0.2) is 20.6 Å². The summed E-state index contributed by atoms with van der Waals surface area (Å²) >= 11 is 0. The Balaban J connectivity index is 1.52. The third kappa shape index (κ3) is 3.74. The Morgan fingerprint density at radius 2 is 1.75 bits per heavy atom. The highest BCUT2D eigenvalue weighted by molar-refractivity contribution is 5.92. The van der Waals surface area contributed by atoms with E-state index in [2.05, 4.69) is 4.98 Å². The molecule has 0 saturated carbocycles. The largest absolute Gasteiger partial charge is 0.489 e. The van der Waals surface area contributed by atoms with Crippen LogP contribution in [0.5, 0.6) is 5.75 Å². The van der Waals surface area contributed by atoms with Crippen LogP contribution < -0.4 is 4.74 Å². The summed E-state index contributed by atoms with van der Waals surface area (Å²) in [6.07, 6.45) is 0. The van der Waals surface area contributed by atoms with Crippen molar-refractivity contribution in [3.8, 4) is 5.75 Å². The number of carboxylic acids is 1. The third-order valence-electron chi connectivity index (χ3n) is 4.70. The van der Waals surface area contributed by atoms with Crippen molar-refractivity contribution in [1.82, 2.24) is 9.55 Å². The number of carbonyl (C=O) groups is 1. The summed E-state index contributed by atoms with van der Waals surface area (Å²) in [7, 11) is 0. The minimum absolute atomic E-state index is 0.262. The second kappa shape index (κ2) is 7.56. The van der Waals surface area contributed by atoms with Crippen molar-refractivity contribution in [3.63, 3.8) is 0 Å². The molecule has 1 aromatic heterocycles. The van der Waals surface area contributed by atoms with Gasteiger partial charge in [-0.1, -0.05) is 42.5 Å². The molecule has 0 spiro atoms. The van der Waals surface area contributed by atoms with Gasteiger partial charge in [0.25, 0.3) is 0 Å². The van der Waals surface area contributed by atoms with Gasteiger partial charge in [0, 0.05) is 6.54 Å². The van der Waals surface area contributed by atoms with Gasteiger partial charge >= 0.3 is 5.97 Å². The fourth-order valence-corrected chi connectivity index (χ4v) is 3.19. The molecule has 5 heteroatoms. The van der Waals surface area contributed by atoms with Crippen LogP contribution in [0.3, 0.4) is 0 Å². The van der Waals surface area contributed by atoms with E-state index in [4.69, 9.17) is 4.74 Å². The van der Waals surface area contributed by atoms with E-state index in [1.54, 1.807) is 18.2 Å². The van der Waals surface area contributed by atoms with E-state index in [1.165, 1.54) is 0 Å². The number of carboxylic acid groups (broad SMARTS) is 1. The first kappa shape index (κ1) is 17.8. The molecule has 0 aliphatic carbocycles. The lowest BCUT2D eigenvalue weighted by molar-refractivity contribution is 0.0697. The Morgan fingerprint density at radius 1 is 1.00 bits per heavy atom. The van der Waals surface area contributed by atoms with Crippen molar-refractivity contribution >= 4 is 17.0 Å². The number of benzene rings is 3. The normalized spacial score (nSPS) is 10.9. The highest BCUT2D eigenvalue weighted by atomic mass is 16.5. The highest BCUT2D eigenvalue weighted by Gasteiger charge is 2.11. The number of hydrogen-bond acceptors (Lipinski definition) is 3. The van der Waals surface area contributed by atoms with Gasteiger partial charge in [0.05, 0.1) is 16.6 Å². The smallest absolute Gasteiger partial charge is 0.335 e. The minimum Gasteiger partial charge on any atom is -0.489 e. The van der Waals surface area contributed by atoms with E-state index in [0.29, 0.717) is 13.2 Å². The summed E-state index contributed by atoms with van der Waals surface area (Å²) in [6, 6.07) is 23.0. The second-order valence-electron chi connectivity index (χ2n) is 6.67. The lowest BCUT2D eigenvalue weighted by Gasteiger charge is -2.10. The van der Waals surface area contributed by atoms with Gasteiger partial charge < -0.3 is 14.4 Å². The summed E-state index contributed by atoms with van der Waals surface area (Å²) in [4.78, 5) is 15.8. The molecular weight excluding hydrogens is 352 g/mol. The van der Waals surface area contributed by atoms with Gasteiger partial charge in [-0.2, -0.15) is 0 Å². The number of aromatic carboxylic acids is 1. The van der Waals surface area contributed by atoms with E-state index in [1.807, 2.05) is 66.1 Å². The molecule has 0 radical (unpaired) electrons. The summed E-state index contributed by atoms with van der Waals surface area (Å²) in [6.45, 7) is 3.07. The van der Waals surface area contributed by atoms with Crippen molar-refractivity contribution in [2.45, 2.75) is 20.1 Å². The van der Waals surface area contributed by atoms with E-state index in [0.717, 1.165) is 33.7 Å². The molecule has 4 rings (SSSR count). The molecule has 0 fully saturated rings. The zero-order valence-electron chi connectivity index (χ0n) is 15.5. The van der Waals surface area contributed by atoms with Crippen molar-refractivity contribution in [2.24, 2.45) is 0 Å². The summed E-state index contributed by atoms with van der Waals surface area (Å²) in [5.41, 5.74) is 4.10. The van der Waals surface area contributed by atoms with Gasteiger partial charge in [-0.3, -0.25) is 0 Å². The Kier molecular flexibility index (Phi) is 4.81. The van der Waals surface area contributed by atoms with Crippen molar-refractivity contribution in [1.29, 1.82) is 0 Å². The molecule has 0 aliphatic heterocycles. The third-order valence-corrected chi connectivity index (χ3v) is 4.70. The minimum atomic E-state index is -0.938. The highest BCUT2D eigenvalue weighted by Crippen LogP contribution is 2.21. The number of ether oxygens (including phenoxy) is 1. The Labute approximate surface area is 162 Å². The maximum Gasteiger partial charge on any atom is 0.335 e. The fourth-order valence-electron chi connectivity index (χ4n) is 3.19. The van der Waals surface area contributed by atoms with Gasteiger partial charge in [-0.05, 0) is 48.4 Å². The molecule has 28 heavy (non-hydrogen) atoms. The molecule has 1 N–H and O–H groups in total. The zero-order chi connectivity index (χ0) is 19.5. The molecular formula is C23H20N2O3. The predicted molar refractivity (Wildman–Crippen MR) is 108 cm³/mol. The van der Waals surface area contributed by atoms with Crippen LogP contribution in [0, 0.1) is 6.92 Å². The zero-order valence-corrected chi connectivity index (χ0v) is 15.5. The van der Waals surface area contributed by atoms with Gasteiger partial charge in [0.2, 0.25) is 0 Å². The topological polar surface area (TPSA) is 64.3 Å². The lowest BCUT2D eigenvalue weighted by Crippen LogP contribution is -2.03. The average Bonchev–Trinajstić information content (AvgIpc) is 3.02. The molecule has 0 bridgehead atoms. The second-order valence-corrected chi connectivity index (χ2v) is 6.67. The lowest BCUT2D eigenvalue weighted by atomic mass is 10.2. The van der Waals surface area contributed by atoms with Gasteiger partial charge in [0.1, 0.15) is 18.2 Å². The van der Waals surface area contributed by atoms with Crippen LogP contribution in [-0.2, 0) is 13.2 Å². The van der Waals surface area contributed by atoms with Crippen LogP contribution in [0.25, 0.3) is 11.0 Å². The molecule has 1 heterocycles. The molecule has 3 aromatic carbocycles. The molecule has 5 nitrogen and oxygen atoms in total. The summed E-state index contributed by atoms with van der Waals surface area (Å²) in [5.74, 6) is 0.724. The van der Waals surface area contributed by atoms with Crippen LogP contribution >= 0.6 is 0 Å². The first-order valence-corrected chi connectivity index (χ1v) is 9.06. The van der Waals surface area contributed by atoms with Crippen molar-refractivity contribution in [3.05, 3.63) is 95.3 Å². The molecule has 4 aromatic rings. The number of hydrogen-bond donors (Lipinski definition) is 1. The number of nitrogens with zero attached hydrogens (tertiary/aromatic N) is 2. The summed E-state index contributed by atoms with van der Waals surface area (Å²) in [5, 5.41) is 9.25. The van der Waals surface area contributed by atoms with E-state index in [-0.39, 0.29) is 5.56 Å². The SMILES string of the molecule is Cc1nc2ccc(C(=O)O)cc2n1Cc1ccc(OCc2ccccc2)cc1. The maximum absolute atomic E-state index is 11.3. The quantitative estimate of drug-likeness (QED) is 0.534. The van der Waals surface area contributed by atoms with Crippen LogP contribution in [0.4, 0.5) is 0 Å². The molecule has 0 amide bonds. The first-order valence-electron chi connectivity index (χ1n) is 9.06. The number of fused-ring (bicyclic) bond motifs is 1. The van der Waals surface area contributed by atoms with Crippen molar-refractivity contribution < 1.29 is 14.6 Å². The van der Waals surface area contributed by atoms with Crippen molar-refractivity contribution in [2.75, 3.05) is 0 Å². The van der Waals surface area contributed by atoms with Gasteiger partial charge in [-0.25, -0.2) is 9.78 Å². The number of imidazole rings is 1. The molecule has 140 valence electrons. The van der Waals surface area contributed by atoms with Crippen LogP contribution in [0.1, 0.15) is 27.3 Å².